The van der Waals surface area contributed by atoms with E-state index in [0.717, 1.165) is 21.0 Å². The minimum Gasteiger partial charge on any atom is -0.322 e. The number of benzene rings is 2. The van der Waals surface area contributed by atoms with Gasteiger partial charge in [0.15, 0.2) is 0 Å². The van der Waals surface area contributed by atoms with Gasteiger partial charge in [-0.05, 0) is 54.8 Å². The highest BCUT2D eigenvalue weighted by Gasteiger charge is 2.28. The molecule has 1 saturated heterocycles. The molecule has 2 aromatic carbocycles. The van der Waals surface area contributed by atoms with Gasteiger partial charge in [-0.1, -0.05) is 12.1 Å². The number of carbonyl (C=O) groups excluding carboxylic acids is 3. The van der Waals surface area contributed by atoms with Crippen molar-refractivity contribution in [2.24, 2.45) is 0 Å². The summed E-state index contributed by atoms with van der Waals surface area (Å²) in [5, 5.41) is 2.78. The van der Waals surface area contributed by atoms with Gasteiger partial charge in [0.05, 0.1) is 11.4 Å². The molecule has 164 valence electrons. The predicted octanol–water partition coefficient (Wildman–Crippen LogP) is 2.46. The van der Waals surface area contributed by atoms with Crippen molar-refractivity contribution in [3.63, 3.8) is 0 Å². The molecule has 1 N–H and O–H groups in total. The van der Waals surface area contributed by atoms with Crippen LogP contribution in [-0.4, -0.2) is 49.4 Å². The van der Waals surface area contributed by atoms with Gasteiger partial charge < -0.3 is 5.32 Å². The van der Waals surface area contributed by atoms with Gasteiger partial charge in [0.25, 0.3) is 5.91 Å². The van der Waals surface area contributed by atoms with Gasteiger partial charge in [-0.25, -0.2) is 12.7 Å². The van der Waals surface area contributed by atoms with E-state index in [0.29, 0.717) is 11.3 Å². The van der Waals surface area contributed by atoms with E-state index in [2.05, 4.69) is 5.32 Å². The van der Waals surface area contributed by atoms with Gasteiger partial charge in [-0.2, -0.15) is 0 Å². The van der Waals surface area contributed by atoms with Crippen LogP contribution >= 0.6 is 0 Å². The number of aryl methyl sites for hydroxylation is 1. The minimum atomic E-state index is -3.64. The van der Waals surface area contributed by atoms with Crippen LogP contribution in [-0.2, 0) is 26.2 Å². The fourth-order valence-electron chi connectivity index (χ4n) is 3.25. The second-order valence-electron chi connectivity index (χ2n) is 7.72. The van der Waals surface area contributed by atoms with Crippen LogP contribution in [0.3, 0.4) is 0 Å². The summed E-state index contributed by atoms with van der Waals surface area (Å²) < 4.78 is 26.1. The van der Waals surface area contributed by atoms with Crippen molar-refractivity contribution in [1.82, 2.24) is 9.21 Å². The molecule has 0 bridgehead atoms. The fourth-order valence-corrected chi connectivity index (χ4v) is 4.27. The maximum atomic E-state index is 12.7. The monoisotopic (exact) mass is 443 g/mol. The Morgan fingerprint density at radius 2 is 1.61 bits per heavy atom. The van der Waals surface area contributed by atoms with Crippen LogP contribution in [0, 0.1) is 13.8 Å². The van der Waals surface area contributed by atoms with Crippen molar-refractivity contribution in [3.8, 4) is 0 Å². The number of sulfonamides is 1. The quantitative estimate of drug-likeness (QED) is 0.691. The maximum absolute atomic E-state index is 12.7. The summed E-state index contributed by atoms with van der Waals surface area (Å²) in [5.41, 5.74) is 3.05. The van der Waals surface area contributed by atoms with Crippen LogP contribution in [0.1, 0.15) is 39.9 Å². The SMILES string of the molecule is Cc1cc(S(=O)(=O)N(C)C)cc(NC(=O)c2ccc(CN3C(=O)CCC3=O)cc2)c1C. The highest BCUT2D eigenvalue weighted by molar-refractivity contribution is 7.89. The number of carbonyl (C=O) groups is 3. The zero-order chi connectivity index (χ0) is 22.9. The summed E-state index contributed by atoms with van der Waals surface area (Å²) in [4.78, 5) is 37.6. The standard InChI is InChI=1S/C22H25N3O5S/c1-14-11-18(31(29,30)24(3)4)12-19(15(14)2)23-22(28)17-7-5-16(6-8-17)13-25-20(26)9-10-21(25)27/h5-8,11-12H,9-10,13H2,1-4H3,(H,23,28). The predicted molar refractivity (Wildman–Crippen MR) is 116 cm³/mol. The molecule has 1 heterocycles. The first-order valence-electron chi connectivity index (χ1n) is 9.78. The van der Waals surface area contributed by atoms with Crippen LogP contribution in [0.4, 0.5) is 5.69 Å². The molecular formula is C22H25N3O5S. The van der Waals surface area contributed by atoms with Crippen molar-refractivity contribution in [2.75, 3.05) is 19.4 Å². The van der Waals surface area contributed by atoms with E-state index >= 15 is 0 Å². The average Bonchev–Trinajstić information content (AvgIpc) is 3.03. The number of nitrogens with zero attached hydrogens (tertiary/aromatic N) is 2. The number of hydrogen-bond donors (Lipinski definition) is 1. The van der Waals surface area contributed by atoms with Crippen molar-refractivity contribution >= 4 is 33.4 Å². The van der Waals surface area contributed by atoms with Crippen LogP contribution in [0.2, 0.25) is 0 Å². The molecule has 0 aromatic heterocycles. The number of anilines is 1. The Hall–Kier alpha value is -3.04. The molecule has 2 aromatic rings. The molecule has 1 aliphatic rings. The van der Waals surface area contributed by atoms with E-state index in [-0.39, 0.29) is 42.0 Å². The van der Waals surface area contributed by atoms with Crippen molar-refractivity contribution in [1.29, 1.82) is 0 Å². The molecule has 0 saturated carbocycles. The van der Waals surface area contributed by atoms with E-state index in [4.69, 9.17) is 0 Å². The molecule has 1 fully saturated rings. The van der Waals surface area contributed by atoms with Crippen molar-refractivity contribution < 1.29 is 22.8 Å². The Balaban J connectivity index is 1.79. The zero-order valence-corrected chi connectivity index (χ0v) is 18.7. The van der Waals surface area contributed by atoms with Gasteiger partial charge in [0.2, 0.25) is 21.8 Å². The van der Waals surface area contributed by atoms with E-state index in [1.807, 2.05) is 6.92 Å². The summed E-state index contributed by atoms with van der Waals surface area (Å²) in [6, 6.07) is 9.64. The van der Waals surface area contributed by atoms with Gasteiger partial charge in [-0.15, -0.1) is 0 Å². The molecule has 0 aliphatic carbocycles. The third kappa shape index (κ3) is 4.67. The first-order valence-corrected chi connectivity index (χ1v) is 11.2. The largest absolute Gasteiger partial charge is 0.322 e. The lowest BCUT2D eigenvalue weighted by atomic mass is 10.1. The molecular weight excluding hydrogens is 418 g/mol. The van der Waals surface area contributed by atoms with Crippen molar-refractivity contribution in [3.05, 3.63) is 58.7 Å². The third-order valence-electron chi connectivity index (χ3n) is 5.38. The molecule has 0 unspecified atom stereocenters. The summed E-state index contributed by atoms with van der Waals surface area (Å²) >= 11 is 0. The summed E-state index contributed by atoms with van der Waals surface area (Å²) in [5.74, 6) is -0.766. The van der Waals surface area contributed by atoms with Crippen LogP contribution in [0.5, 0.6) is 0 Å². The number of amides is 3. The smallest absolute Gasteiger partial charge is 0.255 e. The maximum Gasteiger partial charge on any atom is 0.255 e. The summed E-state index contributed by atoms with van der Waals surface area (Å²) in [7, 11) is -0.739. The lowest BCUT2D eigenvalue weighted by Crippen LogP contribution is -2.28. The van der Waals surface area contributed by atoms with Gasteiger partial charge >= 0.3 is 0 Å². The van der Waals surface area contributed by atoms with Crippen LogP contribution < -0.4 is 5.32 Å². The van der Waals surface area contributed by atoms with Gasteiger partial charge in [0, 0.05) is 38.2 Å². The molecule has 3 rings (SSSR count). The van der Waals surface area contributed by atoms with Gasteiger partial charge in [0.1, 0.15) is 0 Å². The third-order valence-corrected chi connectivity index (χ3v) is 7.17. The summed E-state index contributed by atoms with van der Waals surface area (Å²) in [6.45, 7) is 3.78. The molecule has 31 heavy (non-hydrogen) atoms. The fraction of sp³-hybridized carbons (Fsp3) is 0.318. The second kappa shape index (κ2) is 8.60. The summed E-state index contributed by atoms with van der Waals surface area (Å²) in [6.07, 6.45) is 0.474. The lowest BCUT2D eigenvalue weighted by molar-refractivity contribution is -0.139. The zero-order valence-electron chi connectivity index (χ0n) is 17.9. The number of nitrogens with one attached hydrogen (secondary N) is 1. The Labute approximate surface area is 181 Å². The molecule has 1 aliphatic heterocycles. The highest BCUT2D eigenvalue weighted by atomic mass is 32.2. The Morgan fingerprint density at radius 3 is 2.16 bits per heavy atom. The number of rotatable bonds is 6. The second-order valence-corrected chi connectivity index (χ2v) is 9.88. The Morgan fingerprint density at radius 1 is 1.03 bits per heavy atom. The first kappa shape index (κ1) is 22.6. The first-order chi connectivity index (χ1) is 14.5. The molecule has 0 radical (unpaired) electrons. The number of hydrogen-bond acceptors (Lipinski definition) is 5. The van der Waals surface area contributed by atoms with E-state index in [1.54, 1.807) is 37.3 Å². The Kier molecular flexibility index (Phi) is 6.28. The molecule has 9 heteroatoms. The van der Waals surface area contributed by atoms with Crippen LogP contribution in [0.15, 0.2) is 41.3 Å². The van der Waals surface area contributed by atoms with E-state index < -0.39 is 10.0 Å². The van der Waals surface area contributed by atoms with Crippen molar-refractivity contribution in [2.45, 2.75) is 38.1 Å². The van der Waals surface area contributed by atoms with Crippen LogP contribution in [0.25, 0.3) is 0 Å². The molecule has 0 atom stereocenters. The lowest BCUT2D eigenvalue weighted by Gasteiger charge is -2.17. The minimum absolute atomic E-state index is 0.103. The Bertz CT molecular complexity index is 1140. The van der Waals surface area contributed by atoms with E-state index in [1.165, 1.54) is 25.1 Å². The average molecular weight is 444 g/mol. The number of likely N-dealkylation sites (tertiary alicyclic amines) is 1. The molecule has 3 amide bonds. The molecule has 8 nitrogen and oxygen atoms in total. The number of imide groups is 1. The highest BCUT2D eigenvalue weighted by Crippen LogP contribution is 2.26. The topological polar surface area (TPSA) is 104 Å². The van der Waals surface area contributed by atoms with Gasteiger partial charge in [-0.3, -0.25) is 19.3 Å². The van der Waals surface area contributed by atoms with E-state index in [9.17, 15) is 22.8 Å². The normalized spacial score (nSPS) is 14.4. The molecule has 0 spiro atoms.